The van der Waals surface area contributed by atoms with Gasteiger partial charge in [0.15, 0.2) is 0 Å². The highest BCUT2D eigenvalue weighted by Crippen LogP contribution is 2.20. The summed E-state index contributed by atoms with van der Waals surface area (Å²) in [5, 5.41) is 14.6. The molecule has 1 aromatic heterocycles. The number of hydrogen-bond acceptors (Lipinski definition) is 5. The molecule has 0 saturated carbocycles. The minimum absolute atomic E-state index is 0.0673. The molecule has 0 saturated heterocycles. The lowest BCUT2D eigenvalue weighted by molar-refractivity contribution is -0.389. The number of nitrogens with zero attached hydrogens (tertiary/aromatic N) is 4. The van der Waals surface area contributed by atoms with Crippen molar-refractivity contribution in [3.63, 3.8) is 0 Å². The fourth-order valence-electron chi connectivity index (χ4n) is 2.18. The SMILES string of the molecule is CCC(OC)N1CCn2nc([N+](=O)[O-])cc2C1. The highest BCUT2D eigenvalue weighted by atomic mass is 16.6. The summed E-state index contributed by atoms with van der Waals surface area (Å²) in [5.74, 6) is -0.0766. The lowest BCUT2D eigenvalue weighted by atomic mass is 10.2. The Balaban J connectivity index is 2.15. The van der Waals surface area contributed by atoms with Crippen molar-refractivity contribution in [2.24, 2.45) is 0 Å². The lowest BCUT2D eigenvalue weighted by Gasteiger charge is -2.32. The third-order valence-corrected chi connectivity index (χ3v) is 3.03. The molecule has 17 heavy (non-hydrogen) atoms. The van der Waals surface area contributed by atoms with Crippen LogP contribution in [0.3, 0.4) is 0 Å². The number of rotatable bonds is 4. The zero-order valence-corrected chi connectivity index (χ0v) is 10.00. The largest absolute Gasteiger partial charge is 0.390 e. The summed E-state index contributed by atoms with van der Waals surface area (Å²) in [6.07, 6.45) is 0.963. The topological polar surface area (TPSA) is 73.4 Å². The predicted octanol–water partition coefficient (Wildman–Crippen LogP) is 0.989. The number of nitro groups is 1. The van der Waals surface area contributed by atoms with E-state index in [0.29, 0.717) is 13.1 Å². The average molecular weight is 240 g/mol. The zero-order chi connectivity index (χ0) is 12.4. The Labute approximate surface area is 99.1 Å². The van der Waals surface area contributed by atoms with E-state index in [9.17, 15) is 10.1 Å². The van der Waals surface area contributed by atoms with Gasteiger partial charge in [-0.3, -0.25) is 4.90 Å². The molecule has 0 spiro atoms. The maximum absolute atomic E-state index is 10.6. The second kappa shape index (κ2) is 4.80. The summed E-state index contributed by atoms with van der Waals surface area (Å²) >= 11 is 0. The van der Waals surface area contributed by atoms with Crippen LogP contribution in [-0.4, -0.2) is 39.5 Å². The summed E-state index contributed by atoms with van der Waals surface area (Å²) in [4.78, 5) is 12.4. The molecular formula is C10H16N4O3. The standard InChI is InChI=1S/C10H16N4O3/c1-3-10(17-2)12-4-5-13-8(7-12)6-9(11-13)14(15)16/h6,10H,3-5,7H2,1-2H3. The van der Waals surface area contributed by atoms with Crippen LogP contribution < -0.4 is 0 Å². The lowest BCUT2D eigenvalue weighted by Crippen LogP contribution is -2.41. The highest BCUT2D eigenvalue weighted by Gasteiger charge is 2.27. The molecule has 0 aliphatic carbocycles. The van der Waals surface area contributed by atoms with E-state index in [2.05, 4.69) is 16.9 Å². The van der Waals surface area contributed by atoms with Crippen LogP contribution >= 0.6 is 0 Å². The van der Waals surface area contributed by atoms with Gasteiger partial charge < -0.3 is 14.9 Å². The highest BCUT2D eigenvalue weighted by molar-refractivity contribution is 5.22. The van der Waals surface area contributed by atoms with Crippen LogP contribution in [0.4, 0.5) is 5.82 Å². The second-order valence-corrected chi connectivity index (χ2v) is 4.04. The Kier molecular flexibility index (Phi) is 3.39. The number of methoxy groups -OCH3 is 1. The summed E-state index contributed by atoms with van der Waals surface area (Å²) in [6.45, 7) is 4.18. The van der Waals surface area contributed by atoms with Gasteiger partial charge in [-0.05, 0) is 11.3 Å². The van der Waals surface area contributed by atoms with Crippen molar-refractivity contribution in [2.75, 3.05) is 13.7 Å². The molecule has 1 atom stereocenters. The van der Waals surface area contributed by atoms with E-state index in [1.165, 1.54) is 6.07 Å². The van der Waals surface area contributed by atoms with Crippen molar-refractivity contribution >= 4 is 5.82 Å². The van der Waals surface area contributed by atoms with Gasteiger partial charge in [0.2, 0.25) is 0 Å². The molecule has 0 bridgehead atoms. The fourth-order valence-corrected chi connectivity index (χ4v) is 2.18. The summed E-state index contributed by atoms with van der Waals surface area (Å²) in [5.41, 5.74) is 0.874. The maximum atomic E-state index is 10.6. The second-order valence-electron chi connectivity index (χ2n) is 4.04. The van der Waals surface area contributed by atoms with Gasteiger partial charge >= 0.3 is 5.82 Å². The van der Waals surface area contributed by atoms with Crippen LogP contribution in [0, 0.1) is 10.1 Å². The normalized spacial score (nSPS) is 17.8. The molecule has 1 aromatic rings. The fraction of sp³-hybridized carbons (Fsp3) is 0.700. The van der Waals surface area contributed by atoms with Crippen molar-refractivity contribution in [3.8, 4) is 0 Å². The van der Waals surface area contributed by atoms with Gasteiger partial charge in [-0.15, -0.1) is 0 Å². The molecular weight excluding hydrogens is 224 g/mol. The molecule has 0 aromatic carbocycles. The van der Waals surface area contributed by atoms with Crippen LogP contribution in [0.1, 0.15) is 19.0 Å². The van der Waals surface area contributed by atoms with E-state index >= 15 is 0 Å². The zero-order valence-electron chi connectivity index (χ0n) is 10.00. The van der Waals surface area contributed by atoms with Gasteiger partial charge in [-0.2, -0.15) is 4.68 Å². The monoisotopic (exact) mass is 240 g/mol. The number of ether oxygens (including phenoxy) is 1. The minimum atomic E-state index is -0.455. The van der Waals surface area contributed by atoms with E-state index in [-0.39, 0.29) is 12.0 Å². The summed E-state index contributed by atoms with van der Waals surface area (Å²) in [7, 11) is 1.68. The third-order valence-electron chi connectivity index (χ3n) is 3.03. The van der Waals surface area contributed by atoms with Gasteiger partial charge in [-0.25, -0.2) is 0 Å². The van der Waals surface area contributed by atoms with Crippen molar-refractivity contribution < 1.29 is 9.66 Å². The molecule has 1 unspecified atom stereocenters. The molecule has 2 rings (SSSR count). The van der Waals surface area contributed by atoms with Crippen molar-refractivity contribution in [1.82, 2.24) is 14.7 Å². The van der Waals surface area contributed by atoms with E-state index in [1.807, 2.05) is 0 Å². The Bertz CT molecular complexity index is 414. The molecule has 0 amide bonds. The van der Waals surface area contributed by atoms with Gasteiger partial charge in [0.1, 0.15) is 6.23 Å². The van der Waals surface area contributed by atoms with Crippen LogP contribution in [0.15, 0.2) is 6.07 Å². The van der Waals surface area contributed by atoms with Crippen LogP contribution in [0.5, 0.6) is 0 Å². The third kappa shape index (κ3) is 2.29. The minimum Gasteiger partial charge on any atom is -0.366 e. The Morgan fingerprint density at radius 3 is 3.00 bits per heavy atom. The molecule has 1 aliphatic heterocycles. The van der Waals surface area contributed by atoms with Gasteiger partial charge in [-0.1, -0.05) is 6.92 Å². The number of aromatic nitrogens is 2. The van der Waals surface area contributed by atoms with Crippen molar-refractivity contribution in [1.29, 1.82) is 0 Å². The van der Waals surface area contributed by atoms with E-state index in [0.717, 1.165) is 18.7 Å². The first-order valence-corrected chi connectivity index (χ1v) is 5.63. The van der Waals surface area contributed by atoms with Gasteiger partial charge in [0.05, 0.1) is 23.4 Å². The van der Waals surface area contributed by atoms with Crippen molar-refractivity contribution in [2.45, 2.75) is 32.7 Å². The molecule has 7 nitrogen and oxygen atoms in total. The van der Waals surface area contributed by atoms with E-state index in [1.54, 1.807) is 11.8 Å². The summed E-state index contributed by atoms with van der Waals surface area (Å²) < 4.78 is 7.08. The number of fused-ring (bicyclic) bond motifs is 1. The smallest absolute Gasteiger partial charge is 0.366 e. The molecule has 0 radical (unpaired) electrons. The molecule has 2 heterocycles. The van der Waals surface area contributed by atoms with E-state index in [4.69, 9.17) is 4.74 Å². The predicted molar refractivity (Wildman–Crippen MR) is 60.4 cm³/mol. The molecule has 0 N–H and O–H groups in total. The molecule has 7 heteroatoms. The van der Waals surface area contributed by atoms with Crippen molar-refractivity contribution in [3.05, 3.63) is 21.9 Å². The Morgan fingerprint density at radius 1 is 1.65 bits per heavy atom. The molecule has 94 valence electrons. The quantitative estimate of drug-likeness (QED) is 0.579. The average Bonchev–Trinajstić information content (AvgIpc) is 2.74. The Hall–Kier alpha value is -1.47. The molecule has 1 aliphatic rings. The van der Waals surface area contributed by atoms with Crippen LogP contribution in [-0.2, 0) is 17.8 Å². The first-order valence-electron chi connectivity index (χ1n) is 5.63. The van der Waals surface area contributed by atoms with Crippen LogP contribution in [0.2, 0.25) is 0 Å². The first kappa shape index (κ1) is 12.0. The summed E-state index contributed by atoms with van der Waals surface area (Å²) in [6, 6.07) is 1.54. The van der Waals surface area contributed by atoms with Crippen LogP contribution in [0.25, 0.3) is 0 Å². The maximum Gasteiger partial charge on any atom is 0.390 e. The van der Waals surface area contributed by atoms with Gasteiger partial charge in [0.25, 0.3) is 0 Å². The number of hydrogen-bond donors (Lipinski definition) is 0. The molecule has 0 fully saturated rings. The Morgan fingerprint density at radius 2 is 2.41 bits per heavy atom. The van der Waals surface area contributed by atoms with Gasteiger partial charge in [0, 0.05) is 20.2 Å². The first-order chi connectivity index (χ1) is 8.15. The van der Waals surface area contributed by atoms with E-state index < -0.39 is 4.92 Å².